The average Bonchev–Trinajstić information content (AvgIpc) is 2.14. The summed E-state index contributed by atoms with van der Waals surface area (Å²) < 4.78 is 11.4. The highest BCUT2D eigenvalue weighted by Gasteiger charge is 2.00. The summed E-state index contributed by atoms with van der Waals surface area (Å²) in [5.41, 5.74) is 0. The lowest BCUT2D eigenvalue weighted by molar-refractivity contribution is -0.131. The van der Waals surface area contributed by atoms with Crippen molar-refractivity contribution in [2.24, 2.45) is 0 Å². The van der Waals surface area contributed by atoms with Crippen LogP contribution in [0.2, 0.25) is 5.02 Å². The van der Waals surface area contributed by atoms with Crippen molar-refractivity contribution in [3.63, 3.8) is 0 Å². The third-order valence-corrected chi connectivity index (χ3v) is 2.70. The number of hydrogen-bond acceptors (Lipinski definition) is 2. The SMILES string of the molecule is O=C(O)/C=C/S(=O)c1cccc(Cl)c1. The van der Waals surface area contributed by atoms with E-state index in [0.29, 0.717) is 9.92 Å². The molecule has 0 aliphatic heterocycles. The fourth-order valence-corrected chi connectivity index (χ4v) is 1.90. The van der Waals surface area contributed by atoms with Crippen molar-refractivity contribution in [2.75, 3.05) is 0 Å². The Bertz CT molecular complexity index is 401. The van der Waals surface area contributed by atoms with Gasteiger partial charge in [0.2, 0.25) is 0 Å². The third-order valence-electron chi connectivity index (χ3n) is 1.36. The molecule has 1 aromatic carbocycles. The van der Waals surface area contributed by atoms with Gasteiger partial charge in [-0.05, 0) is 18.2 Å². The number of carboxylic acids is 1. The highest BCUT2D eigenvalue weighted by molar-refractivity contribution is 7.88. The number of aliphatic carboxylic acids is 1. The molecule has 74 valence electrons. The fourth-order valence-electron chi connectivity index (χ4n) is 0.791. The normalized spacial score (nSPS) is 12.9. The molecule has 0 heterocycles. The van der Waals surface area contributed by atoms with Gasteiger partial charge < -0.3 is 5.11 Å². The molecule has 0 aromatic heterocycles. The highest BCUT2D eigenvalue weighted by atomic mass is 35.5. The molecule has 1 atom stereocenters. The van der Waals surface area contributed by atoms with Crippen molar-refractivity contribution in [3.8, 4) is 0 Å². The minimum atomic E-state index is -1.46. The zero-order valence-corrected chi connectivity index (χ0v) is 8.59. The van der Waals surface area contributed by atoms with Crippen LogP contribution in [0.5, 0.6) is 0 Å². The Balaban J connectivity index is 2.85. The number of halogens is 1. The lowest BCUT2D eigenvalue weighted by Crippen LogP contribution is -1.90. The molecule has 0 saturated heterocycles. The molecule has 0 aliphatic rings. The van der Waals surface area contributed by atoms with Gasteiger partial charge in [-0.25, -0.2) is 9.00 Å². The van der Waals surface area contributed by atoms with Crippen molar-refractivity contribution in [2.45, 2.75) is 4.90 Å². The van der Waals surface area contributed by atoms with Gasteiger partial charge in [0, 0.05) is 21.4 Å². The molecule has 5 heteroatoms. The van der Waals surface area contributed by atoms with E-state index < -0.39 is 16.8 Å². The molecule has 14 heavy (non-hydrogen) atoms. The molecule has 0 aliphatic carbocycles. The van der Waals surface area contributed by atoms with Crippen LogP contribution in [0.3, 0.4) is 0 Å². The van der Waals surface area contributed by atoms with Gasteiger partial charge >= 0.3 is 5.97 Å². The molecule has 3 nitrogen and oxygen atoms in total. The molecular formula is C9H7ClO3S. The van der Waals surface area contributed by atoms with Crippen LogP contribution in [-0.2, 0) is 15.6 Å². The van der Waals surface area contributed by atoms with E-state index >= 15 is 0 Å². The van der Waals surface area contributed by atoms with E-state index in [1.807, 2.05) is 0 Å². The number of carbonyl (C=O) groups is 1. The second kappa shape index (κ2) is 4.93. The van der Waals surface area contributed by atoms with E-state index in [2.05, 4.69) is 0 Å². The molecule has 1 aromatic rings. The largest absolute Gasteiger partial charge is 0.478 e. The summed E-state index contributed by atoms with van der Waals surface area (Å²) in [4.78, 5) is 10.6. The van der Waals surface area contributed by atoms with Crippen molar-refractivity contribution in [1.82, 2.24) is 0 Å². The number of benzene rings is 1. The third kappa shape index (κ3) is 3.32. The molecule has 1 rings (SSSR count). The molecule has 0 fully saturated rings. The van der Waals surface area contributed by atoms with Crippen molar-refractivity contribution in [3.05, 3.63) is 40.8 Å². The Morgan fingerprint density at radius 3 is 2.79 bits per heavy atom. The summed E-state index contributed by atoms with van der Waals surface area (Å²) in [6.45, 7) is 0. The first-order chi connectivity index (χ1) is 6.59. The van der Waals surface area contributed by atoms with Crippen LogP contribution in [0.1, 0.15) is 0 Å². The minimum Gasteiger partial charge on any atom is -0.478 e. The molecule has 1 unspecified atom stereocenters. The molecule has 0 saturated carbocycles. The fraction of sp³-hybridized carbons (Fsp3) is 0. The van der Waals surface area contributed by atoms with E-state index in [0.717, 1.165) is 11.5 Å². The van der Waals surface area contributed by atoms with E-state index in [4.69, 9.17) is 16.7 Å². The maximum atomic E-state index is 11.4. The quantitative estimate of drug-likeness (QED) is 0.809. The molecule has 0 bridgehead atoms. The predicted octanol–water partition coefficient (Wildman–Crippen LogP) is 2.05. The summed E-state index contributed by atoms with van der Waals surface area (Å²) in [7, 11) is -1.46. The van der Waals surface area contributed by atoms with Crippen molar-refractivity contribution < 1.29 is 14.1 Å². The zero-order chi connectivity index (χ0) is 10.6. The van der Waals surface area contributed by atoms with Crippen LogP contribution in [0.4, 0.5) is 0 Å². The first kappa shape index (κ1) is 10.9. The van der Waals surface area contributed by atoms with Crippen molar-refractivity contribution in [1.29, 1.82) is 0 Å². The Kier molecular flexibility index (Phi) is 3.85. The summed E-state index contributed by atoms with van der Waals surface area (Å²) in [5.74, 6) is -1.12. The smallest absolute Gasteiger partial charge is 0.328 e. The molecule has 0 spiro atoms. The van der Waals surface area contributed by atoms with E-state index in [-0.39, 0.29) is 0 Å². The summed E-state index contributed by atoms with van der Waals surface area (Å²) in [6.07, 6.45) is 0.844. The van der Waals surface area contributed by atoms with Gasteiger partial charge in [-0.2, -0.15) is 0 Å². The van der Waals surface area contributed by atoms with Crippen LogP contribution in [-0.4, -0.2) is 15.3 Å². The van der Waals surface area contributed by atoms with Gasteiger partial charge in [0.05, 0.1) is 10.8 Å². The first-order valence-electron chi connectivity index (χ1n) is 3.67. The maximum Gasteiger partial charge on any atom is 0.328 e. The van der Waals surface area contributed by atoms with E-state index in [1.54, 1.807) is 18.2 Å². The lowest BCUT2D eigenvalue weighted by atomic mass is 10.4. The summed E-state index contributed by atoms with van der Waals surface area (Å²) in [6, 6.07) is 6.46. The van der Waals surface area contributed by atoms with E-state index in [9.17, 15) is 9.00 Å². The zero-order valence-electron chi connectivity index (χ0n) is 7.01. The van der Waals surface area contributed by atoms with Crippen LogP contribution in [0.15, 0.2) is 40.6 Å². The number of rotatable bonds is 3. The van der Waals surface area contributed by atoms with Crippen LogP contribution >= 0.6 is 11.6 Å². The topological polar surface area (TPSA) is 54.4 Å². The van der Waals surface area contributed by atoms with Gasteiger partial charge in [0.25, 0.3) is 0 Å². The van der Waals surface area contributed by atoms with Gasteiger partial charge in [0.15, 0.2) is 0 Å². The van der Waals surface area contributed by atoms with Gasteiger partial charge in [-0.1, -0.05) is 17.7 Å². The maximum absolute atomic E-state index is 11.4. The van der Waals surface area contributed by atoms with Crippen molar-refractivity contribution >= 4 is 28.4 Å². The summed E-state index contributed by atoms with van der Waals surface area (Å²) in [5, 5.41) is 9.89. The predicted molar refractivity (Wildman–Crippen MR) is 54.6 cm³/mol. The van der Waals surface area contributed by atoms with E-state index in [1.165, 1.54) is 6.07 Å². The highest BCUT2D eigenvalue weighted by Crippen LogP contribution is 2.14. The molecule has 1 N–H and O–H groups in total. The van der Waals surface area contributed by atoms with Gasteiger partial charge in [-0.15, -0.1) is 0 Å². The van der Waals surface area contributed by atoms with Crippen LogP contribution in [0.25, 0.3) is 0 Å². The lowest BCUT2D eigenvalue weighted by Gasteiger charge is -1.96. The first-order valence-corrected chi connectivity index (χ1v) is 5.26. The minimum absolute atomic E-state index is 0.472. The Hall–Kier alpha value is -1.13. The van der Waals surface area contributed by atoms with Crippen LogP contribution < -0.4 is 0 Å². The summed E-state index contributed by atoms with van der Waals surface area (Å²) >= 11 is 5.68. The Labute approximate surface area is 88.5 Å². The van der Waals surface area contributed by atoms with Crippen LogP contribution in [0, 0.1) is 0 Å². The average molecular weight is 231 g/mol. The molecular weight excluding hydrogens is 224 g/mol. The van der Waals surface area contributed by atoms with Gasteiger partial charge in [-0.3, -0.25) is 0 Å². The number of hydrogen-bond donors (Lipinski definition) is 1. The second-order valence-corrected chi connectivity index (χ2v) is 4.17. The molecule has 0 radical (unpaired) electrons. The second-order valence-electron chi connectivity index (χ2n) is 2.40. The standard InChI is InChI=1S/C9H7ClO3S/c10-7-2-1-3-8(6-7)14(13)5-4-9(11)12/h1-6H,(H,11,12)/b5-4+. The van der Waals surface area contributed by atoms with Gasteiger partial charge in [0.1, 0.15) is 0 Å². The Morgan fingerprint density at radius 2 is 2.21 bits per heavy atom. The monoisotopic (exact) mass is 230 g/mol. The Morgan fingerprint density at radius 1 is 1.50 bits per heavy atom. The number of carboxylic acid groups (broad SMARTS) is 1. The molecule has 0 amide bonds.